The van der Waals surface area contributed by atoms with Crippen molar-refractivity contribution in [3.05, 3.63) is 79.1 Å². The average Bonchev–Trinajstić information content (AvgIpc) is 3.56. The molecule has 1 N–H and O–H groups in total. The van der Waals surface area contributed by atoms with E-state index in [0.717, 1.165) is 0 Å². The molecule has 1 saturated heterocycles. The van der Waals surface area contributed by atoms with Crippen LogP contribution < -0.4 is 19.7 Å². The Bertz CT molecular complexity index is 1320. The summed E-state index contributed by atoms with van der Waals surface area (Å²) in [5.41, 5.74) is 1.32. The minimum atomic E-state index is -0.451. The Morgan fingerprint density at radius 1 is 1.03 bits per heavy atom. The second kappa shape index (κ2) is 9.64. The predicted octanol–water partition coefficient (Wildman–Crippen LogP) is 3.45. The van der Waals surface area contributed by atoms with Gasteiger partial charge in [-0.1, -0.05) is 6.07 Å². The number of hydrogen-bond donors (Lipinski definition) is 1. The number of aromatic nitrogens is 4. The molecule has 2 amide bonds. The van der Waals surface area contributed by atoms with Crippen LogP contribution in [0.15, 0.2) is 79.1 Å². The smallest absolute Gasteiger partial charge is 0.238 e. The lowest BCUT2D eigenvalue weighted by molar-refractivity contribution is -0.122. The molecule has 0 radical (unpaired) electrons. The number of benzene rings is 2. The number of ether oxygens (including phenoxy) is 2. The Morgan fingerprint density at radius 3 is 2.60 bits per heavy atom. The molecule has 2 aromatic heterocycles. The van der Waals surface area contributed by atoms with E-state index in [1.807, 2.05) is 18.2 Å². The molecule has 3 heterocycles. The van der Waals surface area contributed by atoms with Crippen LogP contribution in [0.1, 0.15) is 6.42 Å². The average molecular weight is 470 g/mol. The summed E-state index contributed by atoms with van der Waals surface area (Å²) in [5, 5.41) is 15.1. The van der Waals surface area contributed by atoms with Crippen molar-refractivity contribution in [3.8, 4) is 23.2 Å². The fraction of sp³-hybridized carbons (Fsp3) is 0.160. The van der Waals surface area contributed by atoms with Gasteiger partial charge in [-0.2, -0.15) is 5.10 Å². The second-order valence-electron chi connectivity index (χ2n) is 7.90. The zero-order valence-electron chi connectivity index (χ0n) is 18.9. The molecule has 1 aliphatic rings. The van der Waals surface area contributed by atoms with Gasteiger partial charge in [0.05, 0.1) is 13.0 Å². The van der Waals surface area contributed by atoms with Crippen LogP contribution in [0.5, 0.6) is 17.4 Å². The summed E-state index contributed by atoms with van der Waals surface area (Å²) in [4.78, 5) is 26.9. The van der Waals surface area contributed by atoms with Crippen molar-refractivity contribution in [2.75, 3.05) is 23.9 Å². The van der Waals surface area contributed by atoms with Gasteiger partial charge in [0, 0.05) is 48.9 Å². The van der Waals surface area contributed by atoms with E-state index in [0.29, 0.717) is 41.1 Å². The SMILES string of the molecule is COc1cccc(N2CC(C(=O)Nc3ccc(Oc4ccc(-n5cccn5)nn4)cc3)CC2=O)c1. The largest absolute Gasteiger partial charge is 0.497 e. The lowest BCUT2D eigenvalue weighted by Gasteiger charge is -2.17. The van der Waals surface area contributed by atoms with Crippen molar-refractivity contribution in [1.29, 1.82) is 0 Å². The van der Waals surface area contributed by atoms with E-state index in [1.54, 1.807) is 77.6 Å². The van der Waals surface area contributed by atoms with Crippen molar-refractivity contribution < 1.29 is 19.1 Å². The topological polar surface area (TPSA) is 111 Å². The van der Waals surface area contributed by atoms with E-state index < -0.39 is 5.92 Å². The van der Waals surface area contributed by atoms with E-state index >= 15 is 0 Å². The monoisotopic (exact) mass is 470 g/mol. The summed E-state index contributed by atoms with van der Waals surface area (Å²) in [7, 11) is 1.57. The van der Waals surface area contributed by atoms with Gasteiger partial charge in [0.2, 0.25) is 17.7 Å². The van der Waals surface area contributed by atoms with Gasteiger partial charge < -0.3 is 19.7 Å². The Balaban J connectivity index is 1.18. The summed E-state index contributed by atoms with van der Waals surface area (Å²) in [6.45, 7) is 0.312. The van der Waals surface area contributed by atoms with Crippen molar-refractivity contribution in [2.24, 2.45) is 5.92 Å². The highest BCUT2D eigenvalue weighted by atomic mass is 16.5. The number of methoxy groups -OCH3 is 1. The van der Waals surface area contributed by atoms with Crippen LogP contribution in [-0.4, -0.2) is 45.4 Å². The Labute approximate surface area is 201 Å². The van der Waals surface area contributed by atoms with Crippen LogP contribution in [0.25, 0.3) is 5.82 Å². The Hall–Kier alpha value is -4.73. The summed E-state index contributed by atoms with van der Waals surface area (Å²) >= 11 is 0. The van der Waals surface area contributed by atoms with E-state index in [9.17, 15) is 9.59 Å². The van der Waals surface area contributed by atoms with Crippen LogP contribution in [0, 0.1) is 5.92 Å². The summed E-state index contributed by atoms with van der Waals surface area (Å²) in [6, 6.07) is 19.4. The van der Waals surface area contributed by atoms with E-state index in [2.05, 4.69) is 20.6 Å². The molecule has 1 aliphatic heterocycles. The first-order valence-electron chi connectivity index (χ1n) is 11.0. The van der Waals surface area contributed by atoms with Gasteiger partial charge in [-0.3, -0.25) is 9.59 Å². The van der Waals surface area contributed by atoms with Gasteiger partial charge in [-0.25, -0.2) is 4.68 Å². The number of nitrogens with one attached hydrogen (secondary N) is 1. The normalized spacial score (nSPS) is 15.2. The fourth-order valence-corrected chi connectivity index (χ4v) is 3.78. The third kappa shape index (κ3) is 4.96. The molecule has 4 aromatic rings. The van der Waals surface area contributed by atoms with Crippen LogP contribution >= 0.6 is 0 Å². The minimum Gasteiger partial charge on any atom is -0.497 e. The number of anilines is 2. The minimum absolute atomic E-state index is 0.0955. The zero-order chi connectivity index (χ0) is 24.2. The lowest BCUT2D eigenvalue weighted by atomic mass is 10.1. The number of nitrogens with zero attached hydrogens (tertiary/aromatic N) is 5. The summed E-state index contributed by atoms with van der Waals surface area (Å²) < 4.78 is 12.6. The maximum Gasteiger partial charge on any atom is 0.238 e. The fourth-order valence-electron chi connectivity index (χ4n) is 3.78. The van der Waals surface area contributed by atoms with Crippen LogP contribution in [0.3, 0.4) is 0 Å². The molecule has 1 fully saturated rings. The molecular formula is C25H22N6O4. The predicted molar refractivity (Wildman–Crippen MR) is 128 cm³/mol. The Kier molecular flexibility index (Phi) is 6.08. The van der Waals surface area contributed by atoms with Gasteiger partial charge in [0.15, 0.2) is 5.82 Å². The molecule has 176 valence electrons. The van der Waals surface area contributed by atoms with Crippen molar-refractivity contribution in [2.45, 2.75) is 6.42 Å². The number of carbonyl (C=O) groups is 2. The number of amides is 2. The van der Waals surface area contributed by atoms with Gasteiger partial charge in [-0.15, -0.1) is 10.2 Å². The van der Waals surface area contributed by atoms with Crippen molar-refractivity contribution in [1.82, 2.24) is 20.0 Å². The van der Waals surface area contributed by atoms with Gasteiger partial charge in [0.25, 0.3) is 0 Å². The standard InChI is InChI=1S/C25H22N6O4/c1-34-21-5-2-4-19(15-21)30-16-17(14-24(30)32)25(33)27-18-6-8-20(9-7-18)35-23-11-10-22(28-29-23)31-13-3-12-26-31/h2-13,15,17H,14,16H2,1H3,(H,27,33). The molecule has 0 aliphatic carbocycles. The van der Waals surface area contributed by atoms with Crippen LogP contribution in [0.4, 0.5) is 11.4 Å². The molecular weight excluding hydrogens is 448 g/mol. The summed E-state index contributed by atoms with van der Waals surface area (Å²) in [5.74, 6) is 1.36. The molecule has 2 aromatic carbocycles. The van der Waals surface area contributed by atoms with Gasteiger partial charge in [0.1, 0.15) is 11.5 Å². The summed E-state index contributed by atoms with van der Waals surface area (Å²) in [6.07, 6.45) is 3.58. The second-order valence-corrected chi connectivity index (χ2v) is 7.90. The van der Waals surface area contributed by atoms with Crippen molar-refractivity contribution in [3.63, 3.8) is 0 Å². The third-order valence-electron chi connectivity index (χ3n) is 5.57. The molecule has 5 rings (SSSR count). The first-order chi connectivity index (χ1) is 17.1. The van der Waals surface area contributed by atoms with Gasteiger partial charge >= 0.3 is 0 Å². The first-order valence-corrected chi connectivity index (χ1v) is 11.0. The molecule has 1 unspecified atom stereocenters. The van der Waals surface area contributed by atoms with Crippen LogP contribution in [-0.2, 0) is 9.59 Å². The van der Waals surface area contributed by atoms with Crippen molar-refractivity contribution >= 4 is 23.2 Å². The highest BCUT2D eigenvalue weighted by Crippen LogP contribution is 2.29. The molecule has 0 saturated carbocycles. The van der Waals surface area contributed by atoms with Crippen LogP contribution in [0.2, 0.25) is 0 Å². The maximum absolute atomic E-state index is 12.8. The molecule has 35 heavy (non-hydrogen) atoms. The molecule has 0 bridgehead atoms. The quantitative estimate of drug-likeness (QED) is 0.440. The van der Waals surface area contributed by atoms with E-state index in [4.69, 9.17) is 9.47 Å². The number of hydrogen-bond acceptors (Lipinski definition) is 7. The van der Waals surface area contributed by atoms with E-state index in [-0.39, 0.29) is 18.2 Å². The lowest BCUT2D eigenvalue weighted by Crippen LogP contribution is -2.28. The highest BCUT2D eigenvalue weighted by molar-refractivity contribution is 6.03. The van der Waals surface area contributed by atoms with Gasteiger partial charge in [-0.05, 0) is 48.5 Å². The maximum atomic E-state index is 12.8. The zero-order valence-corrected chi connectivity index (χ0v) is 18.9. The van der Waals surface area contributed by atoms with E-state index in [1.165, 1.54) is 0 Å². The molecule has 1 atom stereocenters. The molecule has 0 spiro atoms. The third-order valence-corrected chi connectivity index (χ3v) is 5.57. The number of rotatable bonds is 7. The highest BCUT2D eigenvalue weighted by Gasteiger charge is 2.35. The first kappa shape index (κ1) is 22.1. The molecule has 10 heteroatoms. The number of carbonyl (C=O) groups excluding carboxylic acids is 2. The molecule has 10 nitrogen and oxygen atoms in total. The Morgan fingerprint density at radius 2 is 1.89 bits per heavy atom.